The zero-order valence-electron chi connectivity index (χ0n) is 10.9. The lowest BCUT2D eigenvalue weighted by Gasteiger charge is -2.29. The molecule has 102 valence electrons. The number of primary amides is 1. The molecule has 0 radical (unpaired) electrons. The first-order chi connectivity index (χ1) is 8.66. The van der Waals surface area contributed by atoms with Crippen LogP contribution in [-0.2, 0) is 4.79 Å². The lowest BCUT2D eigenvalue weighted by molar-refractivity contribution is -0.119. The van der Waals surface area contributed by atoms with E-state index in [-0.39, 0.29) is 24.7 Å². The van der Waals surface area contributed by atoms with Gasteiger partial charge in [-0.1, -0.05) is 25.7 Å². The summed E-state index contributed by atoms with van der Waals surface area (Å²) in [5, 5.41) is 3.04. The van der Waals surface area contributed by atoms with E-state index in [4.69, 9.17) is 5.73 Å². The summed E-state index contributed by atoms with van der Waals surface area (Å²) >= 11 is 0. The highest BCUT2D eigenvalue weighted by Gasteiger charge is 2.29. The summed E-state index contributed by atoms with van der Waals surface area (Å²) in [5.74, 6) is -0.427. The first-order valence-corrected chi connectivity index (χ1v) is 7.02. The van der Waals surface area contributed by atoms with E-state index in [1.54, 1.807) is 4.90 Å². The largest absolute Gasteiger partial charge is 0.368 e. The van der Waals surface area contributed by atoms with E-state index >= 15 is 0 Å². The predicted octanol–water partition coefficient (Wildman–Crippen LogP) is 1.37. The molecule has 2 aliphatic rings. The van der Waals surface area contributed by atoms with Gasteiger partial charge in [-0.05, 0) is 25.7 Å². The van der Waals surface area contributed by atoms with Crippen LogP contribution in [0.2, 0.25) is 0 Å². The molecule has 0 heterocycles. The number of hydrogen-bond acceptors (Lipinski definition) is 2. The molecule has 2 rings (SSSR count). The van der Waals surface area contributed by atoms with Crippen molar-refractivity contribution in [2.45, 2.75) is 63.5 Å². The van der Waals surface area contributed by atoms with Gasteiger partial charge < -0.3 is 16.0 Å². The Kier molecular flexibility index (Phi) is 4.44. The van der Waals surface area contributed by atoms with Gasteiger partial charge in [-0.3, -0.25) is 4.79 Å². The lowest BCUT2D eigenvalue weighted by atomic mass is 10.2. The van der Waals surface area contributed by atoms with Crippen LogP contribution in [0.3, 0.4) is 0 Å². The Bertz CT molecular complexity index is 307. The maximum Gasteiger partial charge on any atom is 0.318 e. The summed E-state index contributed by atoms with van der Waals surface area (Å²) in [5.41, 5.74) is 5.25. The third kappa shape index (κ3) is 3.37. The Labute approximate surface area is 108 Å². The minimum absolute atomic E-state index is 0.0449. The molecule has 0 aromatic carbocycles. The molecule has 18 heavy (non-hydrogen) atoms. The van der Waals surface area contributed by atoms with Crippen LogP contribution >= 0.6 is 0 Å². The first kappa shape index (κ1) is 13.2. The normalized spacial score (nSPS) is 21.1. The first-order valence-electron chi connectivity index (χ1n) is 7.02. The van der Waals surface area contributed by atoms with Crippen molar-refractivity contribution in [3.63, 3.8) is 0 Å². The molecule has 0 aromatic heterocycles. The van der Waals surface area contributed by atoms with Gasteiger partial charge in [0, 0.05) is 12.1 Å². The molecule has 0 unspecified atom stereocenters. The average molecular weight is 253 g/mol. The van der Waals surface area contributed by atoms with Gasteiger partial charge in [0.15, 0.2) is 0 Å². The molecule has 3 amide bonds. The van der Waals surface area contributed by atoms with Crippen LogP contribution in [0.25, 0.3) is 0 Å². The molecule has 2 saturated carbocycles. The van der Waals surface area contributed by atoms with Crippen molar-refractivity contribution in [2.75, 3.05) is 6.54 Å². The molecular formula is C13H23N3O2. The fourth-order valence-electron chi connectivity index (χ4n) is 3.08. The Hall–Kier alpha value is -1.26. The smallest absolute Gasteiger partial charge is 0.318 e. The molecule has 0 saturated heterocycles. The van der Waals surface area contributed by atoms with Crippen molar-refractivity contribution >= 4 is 11.9 Å². The SMILES string of the molecule is NC(=O)CN(C(=O)NC1CCCC1)C1CCCC1. The summed E-state index contributed by atoms with van der Waals surface area (Å²) in [6.45, 7) is 0.0449. The third-order valence-electron chi connectivity index (χ3n) is 4.04. The minimum atomic E-state index is -0.427. The van der Waals surface area contributed by atoms with E-state index in [0.29, 0.717) is 0 Å². The van der Waals surface area contributed by atoms with E-state index in [9.17, 15) is 9.59 Å². The molecule has 0 aromatic rings. The molecule has 0 bridgehead atoms. The highest BCUT2D eigenvalue weighted by atomic mass is 16.2. The number of nitrogens with one attached hydrogen (secondary N) is 1. The third-order valence-corrected chi connectivity index (χ3v) is 4.04. The molecule has 3 N–H and O–H groups in total. The Morgan fingerprint density at radius 1 is 1.06 bits per heavy atom. The summed E-state index contributed by atoms with van der Waals surface area (Å²) in [4.78, 5) is 25.0. The van der Waals surface area contributed by atoms with Crippen LogP contribution < -0.4 is 11.1 Å². The topological polar surface area (TPSA) is 75.4 Å². The maximum absolute atomic E-state index is 12.2. The van der Waals surface area contributed by atoms with E-state index in [1.807, 2.05) is 0 Å². The number of nitrogens with two attached hydrogens (primary N) is 1. The van der Waals surface area contributed by atoms with Crippen LogP contribution in [-0.4, -0.2) is 35.5 Å². The average Bonchev–Trinajstić information content (AvgIpc) is 2.97. The number of rotatable bonds is 4. The molecule has 0 atom stereocenters. The van der Waals surface area contributed by atoms with Crippen LogP contribution in [0.5, 0.6) is 0 Å². The van der Waals surface area contributed by atoms with E-state index in [1.165, 1.54) is 12.8 Å². The van der Waals surface area contributed by atoms with E-state index in [0.717, 1.165) is 38.5 Å². The zero-order valence-corrected chi connectivity index (χ0v) is 10.9. The second-order valence-corrected chi connectivity index (χ2v) is 5.46. The number of carbonyl (C=O) groups excluding carboxylic acids is 2. The van der Waals surface area contributed by atoms with Crippen molar-refractivity contribution in [1.82, 2.24) is 10.2 Å². The molecule has 5 heteroatoms. The van der Waals surface area contributed by atoms with Gasteiger partial charge in [-0.15, -0.1) is 0 Å². The van der Waals surface area contributed by atoms with Gasteiger partial charge in [-0.2, -0.15) is 0 Å². The van der Waals surface area contributed by atoms with Crippen LogP contribution in [0.15, 0.2) is 0 Å². The highest BCUT2D eigenvalue weighted by molar-refractivity contribution is 5.83. The number of amides is 3. The molecule has 0 spiro atoms. The maximum atomic E-state index is 12.2. The van der Waals surface area contributed by atoms with Gasteiger partial charge in [0.1, 0.15) is 6.54 Å². The molecule has 5 nitrogen and oxygen atoms in total. The Balaban J connectivity index is 1.93. The van der Waals surface area contributed by atoms with Crippen molar-refractivity contribution < 1.29 is 9.59 Å². The fraction of sp³-hybridized carbons (Fsp3) is 0.846. The molecule has 2 aliphatic carbocycles. The van der Waals surface area contributed by atoms with E-state index in [2.05, 4.69) is 5.32 Å². The molecule has 0 aliphatic heterocycles. The second-order valence-electron chi connectivity index (χ2n) is 5.46. The predicted molar refractivity (Wildman–Crippen MR) is 68.9 cm³/mol. The Morgan fingerprint density at radius 2 is 1.61 bits per heavy atom. The summed E-state index contributed by atoms with van der Waals surface area (Å²) in [7, 11) is 0. The van der Waals surface area contributed by atoms with Gasteiger partial charge in [-0.25, -0.2) is 4.79 Å². The summed E-state index contributed by atoms with van der Waals surface area (Å²) in [6, 6.07) is 0.376. The number of urea groups is 1. The Morgan fingerprint density at radius 3 is 2.17 bits per heavy atom. The number of carbonyl (C=O) groups is 2. The number of hydrogen-bond donors (Lipinski definition) is 2. The van der Waals surface area contributed by atoms with Crippen molar-refractivity contribution in [3.05, 3.63) is 0 Å². The highest BCUT2D eigenvalue weighted by Crippen LogP contribution is 2.24. The van der Waals surface area contributed by atoms with E-state index < -0.39 is 5.91 Å². The van der Waals surface area contributed by atoms with Gasteiger partial charge in [0.25, 0.3) is 0 Å². The van der Waals surface area contributed by atoms with Gasteiger partial charge in [0.05, 0.1) is 0 Å². The zero-order chi connectivity index (χ0) is 13.0. The minimum Gasteiger partial charge on any atom is -0.368 e. The summed E-state index contributed by atoms with van der Waals surface area (Å²) < 4.78 is 0. The van der Waals surface area contributed by atoms with Crippen molar-refractivity contribution in [1.29, 1.82) is 0 Å². The quantitative estimate of drug-likeness (QED) is 0.794. The van der Waals surface area contributed by atoms with Gasteiger partial charge >= 0.3 is 6.03 Å². The van der Waals surface area contributed by atoms with Gasteiger partial charge in [0.2, 0.25) is 5.91 Å². The standard InChI is InChI=1S/C13H23N3O2/c14-12(17)9-16(11-7-3-4-8-11)13(18)15-10-5-1-2-6-10/h10-11H,1-9H2,(H2,14,17)(H,15,18). The van der Waals surface area contributed by atoms with Crippen LogP contribution in [0.1, 0.15) is 51.4 Å². The monoisotopic (exact) mass is 253 g/mol. The van der Waals surface area contributed by atoms with Crippen molar-refractivity contribution in [2.24, 2.45) is 5.73 Å². The summed E-state index contributed by atoms with van der Waals surface area (Å²) in [6.07, 6.45) is 8.74. The van der Waals surface area contributed by atoms with Crippen LogP contribution in [0, 0.1) is 0 Å². The lowest BCUT2D eigenvalue weighted by Crippen LogP contribution is -2.51. The number of nitrogens with zero attached hydrogens (tertiary/aromatic N) is 1. The fourth-order valence-corrected chi connectivity index (χ4v) is 3.08. The molecule has 2 fully saturated rings. The van der Waals surface area contributed by atoms with Crippen molar-refractivity contribution in [3.8, 4) is 0 Å². The van der Waals surface area contributed by atoms with Crippen LogP contribution in [0.4, 0.5) is 4.79 Å². The molecular weight excluding hydrogens is 230 g/mol. The second kappa shape index (κ2) is 6.07.